The maximum Gasteiger partial charge on any atom is 0.326 e. The van der Waals surface area contributed by atoms with E-state index in [1.807, 2.05) is 24.3 Å². The van der Waals surface area contributed by atoms with Crippen LogP contribution in [-0.4, -0.2) is 64.4 Å². The third kappa shape index (κ3) is 7.81. The van der Waals surface area contributed by atoms with Gasteiger partial charge < -0.3 is 37.5 Å². The van der Waals surface area contributed by atoms with Gasteiger partial charge in [0.1, 0.15) is 12.1 Å². The first kappa shape index (κ1) is 27.3. The number of carbonyl (C=O) groups excluding carboxylic acids is 4. The van der Waals surface area contributed by atoms with Gasteiger partial charge in [-0.25, -0.2) is 4.79 Å². The van der Waals surface area contributed by atoms with E-state index in [9.17, 15) is 29.1 Å². The lowest BCUT2D eigenvalue weighted by atomic mass is 9.99. The molecular formula is C23H32N6O6. The van der Waals surface area contributed by atoms with Crippen LogP contribution in [0.2, 0.25) is 0 Å². The minimum absolute atomic E-state index is 0.176. The van der Waals surface area contributed by atoms with Gasteiger partial charge in [0.25, 0.3) is 0 Å². The molecule has 0 fully saturated rings. The Bertz CT molecular complexity index is 1080. The van der Waals surface area contributed by atoms with Crippen molar-refractivity contribution in [3.05, 3.63) is 36.0 Å². The van der Waals surface area contributed by atoms with Gasteiger partial charge in [-0.3, -0.25) is 19.2 Å². The van der Waals surface area contributed by atoms with Crippen LogP contribution in [0.5, 0.6) is 0 Å². The third-order valence-electron chi connectivity index (χ3n) is 5.71. The van der Waals surface area contributed by atoms with Crippen molar-refractivity contribution in [1.82, 2.24) is 20.9 Å². The second kappa shape index (κ2) is 12.5. The third-order valence-corrected chi connectivity index (χ3v) is 5.71. The largest absolute Gasteiger partial charge is 0.480 e. The summed E-state index contributed by atoms with van der Waals surface area (Å²) in [6.45, 7) is 2.91. The van der Waals surface area contributed by atoms with Gasteiger partial charge in [0.15, 0.2) is 0 Å². The molecule has 0 spiro atoms. The van der Waals surface area contributed by atoms with Gasteiger partial charge in [-0.2, -0.15) is 0 Å². The molecule has 0 aliphatic rings. The van der Waals surface area contributed by atoms with Crippen molar-refractivity contribution in [2.45, 2.75) is 51.2 Å². The zero-order valence-electron chi connectivity index (χ0n) is 19.7. The van der Waals surface area contributed by atoms with Crippen molar-refractivity contribution < 1.29 is 29.1 Å². The lowest BCUT2D eigenvalue weighted by Crippen LogP contribution is -2.55. The van der Waals surface area contributed by atoms with Crippen molar-refractivity contribution in [3.8, 4) is 0 Å². The number of para-hydroxylation sites is 1. The Kier molecular flexibility index (Phi) is 9.76. The first-order valence-corrected chi connectivity index (χ1v) is 11.2. The van der Waals surface area contributed by atoms with E-state index in [0.717, 1.165) is 16.5 Å². The number of hydrogen-bond acceptors (Lipinski definition) is 6. The molecule has 0 aliphatic heterocycles. The molecule has 9 N–H and O–H groups in total. The molecule has 12 nitrogen and oxygen atoms in total. The normalized spacial score (nSPS) is 14.4. The predicted octanol–water partition coefficient (Wildman–Crippen LogP) is -0.870. The Morgan fingerprint density at radius 3 is 2.40 bits per heavy atom. The van der Waals surface area contributed by atoms with Gasteiger partial charge in [0.05, 0.1) is 19.0 Å². The van der Waals surface area contributed by atoms with Crippen LogP contribution in [0, 0.1) is 5.92 Å². The number of carbonyl (C=O) groups is 5. The molecule has 2 aromatic rings. The zero-order chi connectivity index (χ0) is 26.1. The smallest absolute Gasteiger partial charge is 0.326 e. The predicted molar refractivity (Wildman–Crippen MR) is 128 cm³/mol. The van der Waals surface area contributed by atoms with Crippen molar-refractivity contribution in [1.29, 1.82) is 0 Å². The van der Waals surface area contributed by atoms with Crippen molar-refractivity contribution in [3.63, 3.8) is 0 Å². The number of carboxylic acids is 1. The summed E-state index contributed by atoms with van der Waals surface area (Å²) < 4.78 is 0. The number of nitrogens with one attached hydrogen (secondary N) is 4. The highest BCUT2D eigenvalue weighted by atomic mass is 16.4. The Balaban J connectivity index is 1.97. The number of hydrogen-bond donors (Lipinski definition) is 7. The van der Waals surface area contributed by atoms with E-state index in [4.69, 9.17) is 11.5 Å². The molecule has 1 aromatic heterocycles. The molecule has 4 unspecified atom stereocenters. The second-order valence-electron chi connectivity index (χ2n) is 8.39. The topological polar surface area (TPSA) is 209 Å². The van der Waals surface area contributed by atoms with E-state index in [2.05, 4.69) is 20.9 Å². The van der Waals surface area contributed by atoms with Gasteiger partial charge in [-0.05, 0) is 24.0 Å². The van der Waals surface area contributed by atoms with Crippen LogP contribution in [0.25, 0.3) is 10.9 Å². The van der Waals surface area contributed by atoms with E-state index in [0.29, 0.717) is 6.42 Å². The average Bonchev–Trinajstić information content (AvgIpc) is 3.22. The van der Waals surface area contributed by atoms with Gasteiger partial charge in [0.2, 0.25) is 23.6 Å². The number of aromatic amines is 1. The molecule has 0 saturated heterocycles. The molecule has 0 aliphatic carbocycles. The fraction of sp³-hybridized carbons (Fsp3) is 0.435. The van der Waals surface area contributed by atoms with Crippen LogP contribution >= 0.6 is 0 Å². The van der Waals surface area contributed by atoms with E-state index in [1.54, 1.807) is 20.0 Å². The highest BCUT2D eigenvalue weighted by Crippen LogP contribution is 2.18. The molecule has 0 radical (unpaired) electrons. The van der Waals surface area contributed by atoms with Gasteiger partial charge in [-0.1, -0.05) is 38.5 Å². The lowest BCUT2D eigenvalue weighted by molar-refractivity contribution is -0.143. The van der Waals surface area contributed by atoms with E-state index in [-0.39, 0.29) is 12.3 Å². The quantitative estimate of drug-likeness (QED) is 0.189. The molecule has 1 aromatic carbocycles. The Morgan fingerprint density at radius 2 is 1.77 bits per heavy atom. The molecule has 2 rings (SSSR count). The fourth-order valence-electron chi connectivity index (χ4n) is 3.52. The SMILES string of the molecule is CCC(C)C(NC(=O)CNC(=O)C(CC(N)=O)NC(=O)C(N)Cc1c[nH]c2ccccc12)C(=O)O. The van der Waals surface area contributed by atoms with Crippen LogP contribution in [0.15, 0.2) is 30.5 Å². The second-order valence-corrected chi connectivity index (χ2v) is 8.39. The minimum Gasteiger partial charge on any atom is -0.480 e. The van der Waals surface area contributed by atoms with Gasteiger partial charge >= 0.3 is 5.97 Å². The zero-order valence-corrected chi connectivity index (χ0v) is 19.7. The first-order chi connectivity index (χ1) is 16.5. The molecule has 0 saturated carbocycles. The highest BCUT2D eigenvalue weighted by molar-refractivity contribution is 5.95. The summed E-state index contributed by atoms with van der Waals surface area (Å²) in [6.07, 6.45) is 1.93. The maximum atomic E-state index is 12.6. The van der Waals surface area contributed by atoms with Crippen LogP contribution in [0.4, 0.5) is 0 Å². The van der Waals surface area contributed by atoms with E-state index in [1.165, 1.54) is 0 Å². The number of amides is 4. The molecule has 12 heteroatoms. The molecule has 1 heterocycles. The number of aromatic nitrogens is 1. The van der Waals surface area contributed by atoms with Crippen molar-refractivity contribution in [2.75, 3.05) is 6.54 Å². The van der Waals surface area contributed by atoms with Crippen LogP contribution in [0.3, 0.4) is 0 Å². The highest BCUT2D eigenvalue weighted by Gasteiger charge is 2.28. The lowest BCUT2D eigenvalue weighted by Gasteiger charge is -2.21. The van der Waals surface area contributed by atoms with Crippen molar-refractivity contribution >= 4 is 40.5 Å². The number of nitrogens with two attached hydrogens (primary N) is 2. The number of primary amides is 1. The van der Waals surface area contributed by atoms with Crippen LogP contribution in [-0.2, 0) is 30.4 Å². The average molecular weight is 489 g/mol. The summed E-state index contributed by atoms with van der Waals surface area (Å²) in [5, 5.41) is 17.2. The van der Waals surface area contributed by atoms with E-state index >= 15 is 0 Å². The Morgan fingerprint density at radius 1 is 1.09 bits per heavy atom. The summed E-state index contributed by atoms with van der Waals surface area (Å²) in [5.41, 5.74) is 12.9. The van der Waals surface area contributed by atoms with Crippen LogP contribution in [0.1, 0.15) is 32.3 Å². The molecule has 4 amide bonds. The number of fused-ring (bicyclic) bond motifs is 1. The first-order valence-electron chi connectivity index (χ1n) is 11.2. The number of carboxylic acid groups (broad SMARTS) is 1. The number of benzene rings is 1. The molecule has 0 bridgehead atoms. The maximum absolute atomic E-state index is 12.6. The molecular weight excluding hydrogens is 456 g/mol. The monoisotopic (exact) mass is 488 g/mol. The fourth-order valence-corrected chi connectivity index (χ4v) is 3.52. The van der Waals surface area contributed by atoms with Crippen LogP contribution < -0.4 is 27.4 Å². The standard InChI is InChI=1S/C23H32N6O6/c1-3-12(2)20(23(34)35)29-19(31)11-27-22(33)17(9-18(25)30)28-21(32)15(24)8-13-10-26-16-7-5-4-6-14(13)16/h4-7,10,12,15,17,20,26H,3,8-9,11,24H2,1-2H3,(H2,25,30)(H,27,33)(H,28,32)(H,29,31)(H,34,35). The summed E-state index contributed by atoms with van der Waals surface area (Å²) in [7, 11) is 0. The number of rotatable bonds is 13. The molecule has 4 atom stereocenters. The Labute approximate surface area is 202 Å². The molecule has 190 valence electrons. The van der Waals surface area contributed by atoms with E-state index < -0.39 is 60.7 Å². The summed E-state index contributed by atoms with van der Waals surface area (Å²) in [4.78, 5) is 63.3. The minimum atomic E-state index is -1.35. The van der Waals surface area contributed by atoms with Crippen molar-refractivity contribution in [2.24, 2.45) is 17.4 Å². The summed E-state index contributed by atoms with van der Waals surface area (Å²) >= 11 is 0. The van der Waals surface area contributed by atoms with Gasteiger partial charge in [-0.15, -0.1) is 0 Å². The summed E-state index contributed by atoms with van der Waals surface area (Å²) in [6, 6.07) is 4.00. The summed E-state index contributed by atoms with van der Waals surface area (Å²) in [5.74, 6) is -4.60. The van der Waals surface area contributed by atoms with Gasteiger partial charge in [0, 0.05) is 17.1 Å². The Hall–Kier alpha value is -3.93. The molecule has 35 heavy (non-hydrogen) atoms. The number of aliphatic carboxylic acids is 1. The number of H-pyrrole nitrogens is 1.